The van der Waals surface area contributed by atoms with Crippen LogP contribution in [0.3, 0.4) is 0 Å². The summed E-state index contributed by atoms with van der Waals surface area (Å²) in [5.41, 5.74) is 0. The number of aliphatic carboxylic acids is 1. The molecule has 0 radical (unpaired) electrons. The summed E-state index contributed by atoms with van der Waals surface area (Å²) >= 11 is 0. The third kappa shape index (κ3) is 36.9. The highest BCUT2D eigenvalue weighted by Crippen LogP contribution is 2.15. The summed E-state index contributed by atoms with van der Waals surface area (Å²) in [6.07, 6.45) is 45.8. The van der Waals surface area contributed by atoms with Crippen molar-refractivity contribution in [3.8, 4) is 0 Å². The SMILES string of the molecule is CC/C=C/C/C=C/CCCCCCCCCCCCCCCCC(=O)OCC(COCCC(C(=O)[O-])[N+](C)(C)C)OC(=O)CCCCC/C=C/C=C/CCCC. The first kappa shape index (κ1) is 53.3. The summed E-state index contributed by atoms with van der Waals surface area (Å²) in [5.74, 6) is -1.77. The minimum Gasteiger partial charge on any atom is -0.544 e. The lowest BCUT2D eigenvalue weighted by Gasteiger charge is -2.34. The highest BCUT2D eigenvalue weighted by atomic mass is 16.6. The van der Waals surface area contributed by atoms with Gasteiger partial charge in [0.25, 0.3) is 0 Å². The van der Waals surface area contributed by atoms with E-state index in [9.17, 15) is 19.5 Å². The molecule has 2 unspecified atom stereocenters. The lowest BCUT2D eigenvalue weighted by atomic mass is 10.0. The van der Waals surface area contributed by atoms with Crippen molar-refractivity contribution < 1.29 is 38.2 Å². The van der Waals surface area contributed by atoms with Gasteiger partial charge in [-0.2, -0.15) is 0 Å². The number of nitrogens with zero attached hydrogens (tertiary/aromatic N) is 1. The van der Waals surface area contributed by atoms with Crippen molar-refractivity contribution in [1.29, 1.82) is 0 Å². The molecule has 0 spiro atoms. The molecule has 0 aliphatic carbocycles. The van der Waals surface area contributed by atoms with Gasteiger partial charge in [0, 0.05) is 19.3 Å². The number of carbonyl (C=O) groups excluding carboxylic acids is 3. The van der Waals surface area contributed by atoms with Crippen LogP contribution >= 0.6 is 0 Å². The Morgan fingerprint density at radius 3 is 1.59 bits per heavy atom. The average Bonchev–Trinajstić information content (AvgIpc) is 3.15. The lowest BCUT2D eigenvalue weighted by molar-refractivity contribution is -0.889. The van der Waals surface area contributed by atoms with E-state index in [1.165, 1.54) is 89.9 Å². The van der Waals surface area contributed by atoms with Crippen LogP contribution < -0.4 is 5.11 Å². The van der Waals surface area contributed by atoms with E-state index in [4.69, 9.17) is 14.2 Å². The number of carboxylic acids is 1. The predicted octanol–water partition coefficient (Wildman–Crippen LogP) is 11.1. The van der Waals surface area contributed by atoms with Crippen LogP contribution in [0.2, 0.25) is 0 Å². The molecule has 8 nitrogen and oxygen atoms in total. The van der Waals surface area contributed by atoms with Gasteiger partial charge in [0.05, 0.1) is 40.3 Å². The Morgan fingerprint density at radius 1 is 0.571 bits per heavy atom. The molecule has 0 amide bonds. The van der Waals surface area contributed by atoms with Gasteiger partial charge in [0.15, 0.2) is 6.10 Å². The zero-order valence-corrected chi connectivity index (χ0v) is 36.8. The third-order valence-corrected chi connectivity index (χ3v) is 9.98. The van der Waals surface area contributed by atoms with E-state index in [2.05, 4.69) is 62.5 Å². The summed E-state index contributed by atoms with van der Waals surface area (Å²) in [4.78, 5) is 36.8. The normalized spacial score (nSPS) is 13.4. The van der Waals surface area contributed by atoms with Crippen LogP contribution in [0.15, 0.2) is 48.6 Å². The zero-order valence-electron chi connectivity index (χ0n) is 36.8. The molecule has 8 heteroatoms. The van der Waals surface area contributed by atoms with Crippen molar-refractivity contribution in [2.45, 2.75) is 199 Å². The highest BCUT2D eigenvalue weighted by molar-refractivity contribution is 5.70. The summed E-state index contributed by atoms with van der Waals surface area (Å²) in [5, 5.41) is 11.6. The van der Waals surface area contributed by atoms with E-state index in [-0.39, 0.29) is 49.1 Å². The van der Waals surface area contributed by atoms with E-state index < -0.39 is 18.1 Å². The van der Waals surface area contributed by atoms with Crippen LogP contribution in [0, 0.1) is 0 Å². The Bertz CT molecular complexity index is 1060. The number of allylic oxidation sites excluding steroid dienone is 8. The first-order valence-corrected chi connectivity index (χ1v) is 22.7. The number of hydrogen-bond acceptors (Lipinski definition) is 7. The molecule has 0 N–H and O–H groups in total. The minimum atomic E-state index is -1.13. The number of hydrogen-bond donors (Lipinski definition) is 0. The second-order valence-electron chi connectivity index (χ2n) is 16.3. The Morgan fingerprint density at radius 2 is 1.05 bits per heavy atom. The molecule has 0 aromatic carbocycles. The fourth-order valence-corrected chi connectivity index (χ4v) is 6.44. The largest absolute Gasteiger partial charge is 0.544 e. The molecule has 0 rings (SSSR count). The van der Waals surface area contributed by atoms with Gasteiger partial charge in [-0.1, -0.05) is 159 Å². The Labute approximate surface area is 344 Å². The summed E-state index contributed by atoms with van der Waals surface area (Å²) in [6.45, 7) is 4.48. The number of likely N-dealkylation sites (N-methyl/N-ethyl adjacent to an activating group) is 1. The molecule has 2 atom stereocenters. The molecular formula is C48H85NO7. The monoisotopic (exact) mass is 788 g/mol. The van der Waals surface area contributed by atoms with E-state index in [0.717, 1.165) is 64.2 Å². The first-order chi connectivity index (χ1) is 27.1. The summed E-state index contributed by atoms with van der Waals surface area (Å²) in [6, 6.07) is -0.730. The number of ether oxygens (including phenoxy) is 3. The molecule has 0 bridgehead atoms. The quantitative estimate of drug-likeness (QED) is 0.0200. The van der Waals surface area contributed by atoms with Gasteiger partial charge < -0.3 is 28.6 Å². The van der Waals surface area contributed by atoms with Gasteiger partial charge in [-0.3, -0.25) is 9.59 Å². The fourth-order valence-electron chi connectivity index (χ4n) is 6.44. The van der Waals surface area contributed by atoms with Gasteiger partial charge in [-0.05, 0) is 57.8 Å². The van der Waals surface area contributed by atoms with E-state index in [0.29, 0.717) is 6.42 Å². The maximum atomic E-state index is 12.7. The Hall–Kier alpha value is -2.71. The van der Waals surface area contributed by atoms with Gasteiger partial charge >= 0.3 is 11.9 Å². The molecule has 0 aliphatic heterocycles. The number of rotatable bonds is 40. The van der Waals surface area contributed by atoms with Crippen LogP contribution in [0.4, 0.5) is 0 Å². The van der Waals surface area contributed by atoms with Crippen molar-refractivity contribution in [1.82, 2.24) is 0 Å². The highest BCUT2D eigenvalue weighted by Gasteiger charge is 2.25. The smallest absolute Gasteiger partial charge is 0.306 e. The molecule has 0 saturated carbocycles. The van der Waals surface area contributed by atoms with Gasteiger partial charge in [0.2, 0.25) is 0 Å². The zero-order chi connectivity index (χ0) is 41.4. The molecule has 0 heterocycles. The minimum absolute atomic E-state index is 0.0301. The fraction of sp³-hybridized carbons (Fsp3) is 0.771. The maximum absolute atomic E-state index is 12.7. The molecule has 0 aromatic heterocycles. The molecule has 56 heavy (non-hydrogen) atoms. The van der Waals surface area contributed by atoms with E-state index in [1.807, 2.05) is 0 Å². The van der Waals surface area contributed by atoms with Crippen LogP contribution in [0.1, 0.15) is 187 Å². The number of carboxylic acid groups (broad SMARTS) is 1. The molecule has 0 aliphatic rings. The standard InChI is InChI=1S/C48H85NO7/c1-6-8-10-12-14-16-18-19-20-21-22-23-24-25-26-27-29-30-32-34-36-38-46(50)55-43-44(42-54-41-40-45(48(52)53)49(3,4)5)56-47(51)39-37-35-33-31-28-17-15-13-11-9-7-2/h8,10,13-17,28,44-45H,6-7,9,11-12,18-27,29-43H2,1-5H3/b10-8+,15-13+,16-14+,28-17+. The number of quaternary nitrogens is 1. The van der Waals surface area contributed by atoms with E-state index in [1.54, 1.807) is 21.1 Å². The summed E-state index contributed by atoms with van der Waals surface area (Å²) < 4.78 is 17.1. The topological polar surface area (TPSA) is 102 Å². The molecule has 0 saturated heterocycles. The van der Waals surface area contributed by atoms with E-state index >= 15 is 0 Å². The van der Waals surface area contributed by atoms with Crippen molar-refractivity contribution in [3.05, 3.63) is 48.6 Å². The van der Waals surface area contributed by atoms with Crippen LogP contribution in [-0.2, 0) is 28.6 Å². The third-order valence-electron chi connectivity index (χ3n) is 9.98. The number of unbranched alkanes of at least 4 members (excludes halogenated alkanes) is 19. The second-order valence-corrected chi connectivity index (χ2v) is 16.3. The lowest BCUT2D eigenvalue weighted by Crippen LogP contribution is -2.55. The van der Waals surface area contributed by atoms with Crippen molar-refractivity contribution in [2.75, 3.05) is 41.0 Å². The van der Waals surface area contributed by atoms with Crippen molar-refractivity contribution >= 4 is 17.9 Å². The number of esters is 2. The molecule has 0 aromatic rings. The predicted molar refractivity (Wildman–Crippen MR) is 231 cm³/mol. The van der Waals surface area contributed by atoms with Gasteiger partial charge in [-0.25, -0.2) is 0 Å². The van der Waals surface area contributed by atoms with Crippen molar-refractivity contribution in [2.24, 2.45) is 0 Å². The molecule has 0 fully saturated rings. The maximum Gasteiger partial charge on any atom is 0.306 e. The Kier molecular flexibility index (Phi) is 37.2. The second kappa shape index (κ2) is 39.1. The summed E-state index contributed by atoms with van der Waals surface area (Å²) in [7, 11) is 5.39. The molecule has 324 valence electrons. The van der Waals surface area contributed by atoms with Gasteiger partial charge in [-0.15, -0.1) is 0 Å². The van der Waals surface area contributed by atoms with Crippen LogP contribution in [0.5, 0.6) is 0 Å². The first-order valence-electron chi connectivity index (χ1n) is 22.7. The Balaban J connectivity index is 4.23. The van der Waals surface area contributed by atoms with Crippen LogP contribution in [0.25, 0.3) is 0 Å². The van der Waals surface area contributed by atoms with Crippen LogP contribution in [-0.4, -0.2) is 75.5 Å². The van der Waals surface area contributed by atoms with Gasteiger partial charge in [0.1, 0.15) is 12.6 Å². The number of carbonyl (C=O) groups is 3. The average molecular weight is 788 g/mol. The molecular weight excluding hydrogens is 703 g/mol. The van der Waals surface area contributed by atoms with Crippen molar-refractivity contribution in [3.63, 3.8) is 0 Å².